The van der Waals surface area contributed by atoms with E-state index in [2.05, 4.69) is 5.32 Å². The van der Waals surface area contributed by atoms with Gasteiger partial charge in [0.2, 0.25) is 5.91 Å². The third kappa shape index (κ3) is 2.55. The van der Waals surface area contributed by atoms with Crippen LogP contribution in [0.3, 0.4) is 0 Å². The van der Waals surface area contributed by atoms with Gasteiger partial charge in [-0.05, 0) is 25.0 Å². The van der Waals surface area contributed by atoms with Crippen LogP contribution in [0.1, 0.15) is 39.5 Å². The molecule has 5 heteroatoms. The lowest BCUT2D eigenvalue weighted by atomic mass is 9.76. The maximum absolute atomic E-state index is 12.8. The zero-order chi connectivity index (χ0) is 15.5. The van der Waals surface area contributed by atoms with Crippen molar-refractivity contribution in [1.29, 1.82) is 0 Å². The topological polar surface area (TPSA) is 66.5 Å². The molecule has 1 N–H and O–H groups in total. The Balaban J connectivity index is 2.42. The molecular weight excluding hydrogens is 268 g/mol. The van der Waals surface area contributed by atoms with E-state index in [0.717, 1.165) is 17.7 Å². The number of benzene rings is 1. The van der Waals surface area contributed by atoms with Gasteiger partial charge in [0.05, 0.1) is 5.69 Å². The first-order valence-corrected chi connectivity index (χ1v) is 7.32. The smallest absolute Gasteiger partial charge is 0.276 e. The van der Waals surface area contributed by atoms with Gasteiger partial charge in [-0.2, -0.15) is 0 Å². The highest BCUT2D eigenvalue weighted by molar-refractivity contribution is 6.29. The summed E-state index contributed by atoms with van der Waals surface area (Å²) in [6.07, 6.45) is 2.50. The lowest BCUT2D eigenvalue weighted by Gasteiger charge is -2.38. The average Bonchev–Trinajstić information content (AvgIpc) is 2.49. The van der Waals surface area contributed by atoms with Crippen molar-refractivity contribution in [3.8, 4) is 0 Å². The lowest BCUT2D eigenvalue weighted by molar-refractivity contribution is -0.143. The van der Waals surface area contributed by atoms with E-state index < -0.39 is 23.3 Å². The molecule has 1 aromatic carbocycles. The summed E-state index contributed by atoms with van der Waals surface area (Å²) in [5, 5.41) is 2.34. The Labute approximate surface area is 124 Å². The van der Waals surface area contributed by atoms with E-state index in [1.165, 1.54) is 0 Å². The van der Waals surface area contributed by atoms with Crippen LogP contribution >= 0.6 is 0 Å². The molecule has 0 radical (unpaired) electrons. The van der Waals surface area contributed by atoms with E-state index in [0.29, 0.717) is 18.5 Å². The van der Waals surface area contributed by atoms with Crippen LogP contribution < -0.4 is 10.2 Å². The van der Waals surface area contributed by atoms with Gasteiger partial charge in [-0.3, -0.25) is 14.9 Å². The molecule has 4 amide bonds. The first kappa shape index (κ1) is 15.2. The highest BCUT2D eigenvalue weighted by Gasteiger charge is 2.52. The minimum absolute atomic E-state index is 0.383. The summed E-state index contributed by atoms with van der Waals surface area (Å²) < 4.78 is 0. The summed E-state index contributed by atoms with van der Waals surface area (Å²) in [4.78, 5) is 38.3. The van der Waals surface area contributed by atoms with Crippen molar-refractivity contribution in [2.24, 2.45) is 5.41 Å². The van der Waals surface area contributed by atoms with Gasteiger partial charge in [0.1, 0.15) is 5.41 Å². The second-order valence-corrected chi connectivity index (χ2v) is 5.27. The molecule has 1 heterocycles. The van der Waals surface area contributed by atoms with Gasteiger partial charge in [0, 0.05) is 0 Å². The van der Waals surface area contributed by atoms with E-state index in [1.54, 1.807) is 24.3 Å². The van der Waals surface area contributed by atoms with Gasteiger partial charge in [-0.25, -0.2) is 9.69 Å². The van der Waals surface area contributed by atoms with Crippen molar-refractivity contribution in [1.82, 2.24) is 5.32 Å². The van der Waals surface area contributed by atoms with E-state index in [4.69, 9.17) is 0 Å². The average molecular weight is 288 g/mol. The fourth-order valence-electron chi connectivity index (χ4n) is 2.68. The van der Waals surface area contributed by atoms with Gasteiger partial charge < -0.3 is 0 Å². The highest BCUT2D eigenvalue weighted by atomic mass is 16.2. The van der Waals surface area contributed by atoms with Gasteiger partial charge in [-0.1, -0.05) is 44.9 Å². The molecule has 112 valence electrons. The molecule has 0 aliphatic carbocycles. The Hall–Kier alpha value is -2.17. The van der Waals surface area contributed by atoms with Crippen LogP contribution in [0.25, 0.3) is 0 Å². The molecule has 0 spiro atoms. The van der Waals surface area contributed by atoms with Gasteiger partial charge >= 0.3 is 6.03 Å². The Morgan fingerprint density at radius 1 is 1.10 bits per heavy atom. The number of nitrogens with zero attached hydrogens (tertiary/aromatic N) is 1. The number of carbonyl (C=O) groups is 3. The van der Waals surface area contributed by atoms with Crippen LogP contribution in [-0.4, -0.2) is 17.8 Å². The first-order valence-electron chi connectivity index (χ1n) is 7.32. The summed E-state index contributed by atoms with van der Waals surface area (Å²) in [6, 6.07) is 8.03. The molecule has 1 saturated heterocycles. The summed E-state index contributed by atoms with van der Waals surface area (Å²) in [5.74, 6) is -0.890. The zero-order valence-electron chi connectivity index (χ0n) is 12.4. The fraction of sp³-hybridized carbons (Fsp3) is 0.438. The number of urea groups is 1. The van der Waals surface area contributed by atoms with Crippen LogP contribution in [-0.2, 0) is 9.59 Å². The number of anilines is 1. The number of para-hydroxylation sites is 1. The quantitative estimate of drug-likeness (QED) is 0.847. The van der Waals surface area contributed by atoms with Crippen molar-refractivity contribution in [3.63, 3.8) is 0 Å². The minimum Gasteiger partial charge on any atom is -0.276 e. The number of hydrogen-bond donors (Lipinski definition) is 1. The third-order valence-electron chi connectivity index (χ3n) is 4.05. The number of unbranched alkanes of at least 4 members (excludes halogenated alkanes) is 1. The normalized spacial score (nSPS) is 22.4. The van der Waals surface area contributed by atoms with E-state index >= 15 is 0 Å². The maximum atomic E-state index is 12.8. The van der Waals surface area contributed by atoms with E-state index in [1.807, 2.05) is 19.9 Å². The van der Waals surface area contributed by atoms with Gasteiger partial charge in [-0.15, -0.1) is 0 Å². The second-order valence-electron chi connectivity index (χ2n) is 5.27. The summed E-state index contributed by atoms with van der Waals surface area (Å²) in [5.41, 5.74) is -0.651. The molecule has 1 atom stereocenters. The number of carbonyl (C=O) groups excluding carboxylic acids is 3. The molecule has 21 heavy (non-hydrogen) atoms. The molecular formula is C16H20N2O3. The predicted octanol–water partition coefficient (Wildman–Crippen LogP) is 2.86. The monoisotopic (exact) mass is 288 g/mol. The zero-order valence-corrected chi connectivity index (χ0v) is 12.4. The molecule has 1 aliphatic rings. The maximum Gasteiger partial charge on any atom is 0.335 e. The Kier molecular flexibility index (Phi) is 4.40. The van der Waals surface area contributed by atoms with Crippen LogP contribution in [0, 0.1) is 5.41 Å². The fourth-order valence-corrected chi connectivity index (χ4v) is 2.68. The van der Waals surface area contributed by atoms with E-state index in [-0.39, 0.29) is 0 Å². The molecule has 0 saturated carbocycles. The number of hydrogen-bond acceptors (Lipinski definition) is 3. The largest absolute Gasteiger partial charge is 0.335 e. The number of nitrogens with one attached hydrogen (secondary N) is 1. The van der Waals surface area contributed by atoms with Crippen molar-refractivity contribution in [2.45, 2.75) is 39.5 Å². The van der Waals surface area contributed by atoms with Gasteiger partial charge in [0.25, 0.3) is 5.91 Å². The minimum atomic E-state index is -1.14. The molecule has 1 fully saturated rings. The highest BCUT2D eigenvalue weighted by Crippen LogP contribution is 2.36. The molecule has 2 rings (SSSR count). The second kappa shape index (κ2) is 6.08. The molecule has 1 aromatic rings. The third-order valence-corrected chi connectivity index (χ3v) is 4.05. The Morgan fingerprint density at radius 3 is 2.33 bits per heavy atom. The molecule has 1 aliphatic heterocycles. The number of imide groups is 2. The van der Waals surface area contributed by atoms with Crippen molar-refractivity contribution < 1.29 is 14.4 Å². The first-order chi connectivity index (χ1) is 10.1. The van der Waals surface area contributed by atoms with Crippen LogP contribution in [0.15, 0.2) is 30.3 Å². The standard InChI is InChI=1S/C16H20N2O3/c1-3-5-11-16(4-2)13(19)17-15(21)18(14(16)20)12-9-7-6-8-10-12/h6-10H,3-5,11H2,1-2H3,(H,17,19,21). The number of amides is 4. The predicted molar refractivity (Wildman–Crippen MR) is 79.7 cm³/mol. The van der Waals surface area contributed by atoms with E-state index in [9.17, 15) is 14.4 Å². The van der Waals surface area contributed by atoms with Crippen LogP contribution in [0.5, 0.6) is 0 Å². The van der Waals surface area contributed by atoms with Crippen molar-refractivity contribution in [2.75, 3.05) is 4.90 Å². The molecule has 0 bridgehead atoms. The number of rotatable bonds is 5. The lowest BCUT2D eigenvalue weighted by Crippen LogP contribution is -2.64. The SMILES string of the molecule is CCCCC1(CC)C(=O)NC(=O)N(c2ccccc2)C1=O. The summed E-state index contributed by atoms with van der Waals surface area (Å²) in [6.45, 7) is 3.82. The molecule has 1 unspecified atom stereocenters. The Morgan fingerprint density at radius 2 is 1.76 bits per heavy atom. The summed E-state index contributed by atoms with van der Waals surface area (Å²) >= 11 is 0. The number of barbiturate groups is 1. The van der Waals surface area contributed by atoms with Crippen molar-refractivity contribution >= 4 is 23.5 Å². The van der Waals surface area contributed by atoms with Crippen LogP contribution in [0.4, 0.5) is 10.5 Å². The van der Waals surface area contributed by atoms with Crippen LogP contribution in [0.2, 0.25) is 0 Å². The molecule has 5 nitrogen and oxygen atoms in total. The van der Waals surface area contributed by atoms with Crippen molar-refractivity contribution in [3.05, 3.63) is 30.3 Å². The molecule has 0 aromatic heterocycles. The summed E-state index contributed by atoms with van der Waals surface area (Å²) in [7, 11) is 0. The van der Waals surface area contributed by atoms with Gasteiger partial charge in [0.15, 0.2) is 0 Å². The Bertz CT molecular complexity index is 556.